The Morgan fingerprint density at radius 3 is 2.51 bits per heavy atom. The van der Waals surface area contributed by atoms with Crippen molar-refractivity contribution in [2.75, 3.05) is 0 Å². The molecule has 11 nitrogen and oxygen atoms in total. The molecule has 0 heterocycles. The molecular formula is C25H25ClN4O7. The number of halogens is 1. The van der Waals surface area contributed by atoms with E-state index in [1.807, 2.05) is 0 Å². The molecule has 0 aliphatic heterocycles. The molecule has 0 bridgehead atoms. The second kappa shape index (κ2) is 9.48. The van der Waals surface area contributed by atoms with E-state index < -0.39 is 58.5 Å². The predicted molar refractivity (Wildman–Crippen MR) is 135 cm³/mol. The number of phenolic OH excluding ortho intramolecular Hbond substituents is 2. The number of Topliss-reactive ketones (excluding diaryl/α,β-unsaturated/α-hetero) is 2. The van der Waals surface area contributed by atoms with Crippen LogP contribution in [0.2, 0.25) is 0 Å². The summed E-state index contributed by atoms with van der Waals surface area (Å²) in [6, 6.07) is 3.54. The van der Waals surface area contributed by atoms with Crippen molar-refractivity contribution in [2.24, 2.45) is 16.8 Å². The fourth-order valence-electron chi connectivity index (χ4n) is 5.08. The topological polar surface area (TPSA) is 206 Å². The van der Waals surface area contributed by atoms with Gasteiger partial charge in [-0.05, 0) is 49.3 Å². The van der Waals surface area contributed by atoms with Crippen LogP contribution in [0.3, 0.4) is 0 Å². The highest BCUT2D eigenvalue weighted by Crippen LogP contribution is 2.50. The highest BCUT2D eigenvalue weighted by atomic mass is 35.5. The second-order valence-electron chi connectivity index (χ2n) is 9.07. The number of nitriles is 1. The van der Waals surface area contributed by atoms with Gasteiger partial charge in [-0.3, -0.25) is 14.4 Å². The van der Waals surface area contributed by atoms with Crippen LogP contribution < -0.4 is 11.2 Å². The van der Waals surface area contributed by atoms with Crippen molar-refractivity contribution in [1.29, 1.82) is 5.26 Å². The number of nitrogens with one attached hydrogen (secondary N) is 1. The summed E-state index contributed by atoms with van der Waals surface area (Å²) in [5.74, 6) is -5.71. The maximum Gasteiger partial charge on any atom is 0.254 e. The molecule has 4 rings (SSSR count). The molecule has 0 aromatic heterocycles. The number of hydrogen-bond donors (Lipinski definition) is 6. The normalized spacial score (nSPS) is 23.2. The van der Waals surface area contributed by atoms with Crippen LogP contribution in [0, 0.1) is 31.1 Å². The number of fused-ring (bicyclic) bond motifs is 3. The van der Waals surface area contributed by atoms with Gasteiger partial charge >= 0.3 is 0 Å². The van der Waals surface area contributed by atoms with Crippen LogP contribution >= 0.6 is 12.4 Å². The van der Waals surface area contributed by atoms with Crippen LogP contribution in [0.5, 0.6) is 11.5 Å². The first-order valence-corrected chi connectivity index (χ1v) is 11.1. The molecule has 0 unspecified atom stereocenters. The molecule has 2 aromatic carbocycles. The van der Waals surface area contributed by atoms with Gasteiger partial charge in [-0.2, -0.15) is 10.4 Å². The van der Waals surface area contributed by atoms with Gasteiger partial charge in [0.1, 0.15) is 23.7 Å². The molecule has 0 spiro atoms. The first kappa shape index (κ1) is 27.6. The van der Waals surface area contributed by atoms with Crippen LogP contribution in [0.25, 0.3) is 10.8 Å². The Balaban J connectivity index is 0.00000380. The van der Waals surface area contributed by atoms with E-state index >= 15 is 0 Å². The van der Waals surface area contributed by atoms with Gasteiger partial charge in [0.2, 0.25) is 5.78 Å². The summed E-state index contributed by atoms with van der Waals surface area (Å²) in [5.41, 5.74) is 5.83. The number of aliphatic hydroxyl groups is 2. The van der Waals surface area contributed by atoms with Gasteiger partial charge in [-0.15, -0.1) is 12.4 Å². The number of amides is 1. The minimum atomic E-state index is -2.68. The van der Waals surface area contributed by atoms with Crippen molar-refractivity contribution >= 4 is 46.4 Å². The van der Waals surface area contributed by atoms with Crippen LogP contribution in [-0.4, -0.2) is 55.3 Å². The molecule has 1 amide bonds. The number of carbonyl (C=O) groups excluding carboxylic acids is 3. The number of hydrazone groups is 1. The van der Waals surface area contributed by atoms with Crippen molar-refractivity contribution in [3.63, 3.8) is 0 Å². The van der Waals surface area contributed by atoms with Gasteiger partial charge in [0.05, 0.1) is 34.3 Å². The summed E-state index contributed by atoms with van der Waals surface area (Å²) in [6.45, 7) is 4.56. The molecule has 2 aromatic rings. The lowest BCUT2D eigenvalue weighted by molar-refractivity contribution is -0.122. The Kier molecular flexibility index (Phi) is 7.07. The van der Waals surface area contributed by atoms with Gasteiger partial charge in [-0.1, -0.05) is 12.1 Å². The number of benzene rings is 2. The number of aliphatic hydroxyl groups excluding tert-OH is 1. The summed E-state index contributed by atoms with van der Waals surface area (Å²) in [6.07, 6.45) is -0.629. The predicted octanol–water partition coefficient (Wildman–Crippen LogP) is 1.50. The van der Waals surface area contributed by atoms with E-state index in [9.17, 15) is 34.8 Å². The van der Waals surface area contributed by atoms with Gasteiger partial charge in [0.15, 0.2) is 11.4 Å². The van der Waals surface area contributed by atoms with Gasteiger partial charge in [0.25, 0.3) is 5.91 Å². The largest absolute Gasteiger partial charge is 0.508 e. The fourth-order valence-corrected chi connectivity index (χ4v) is 5.08. The van der Waals surface area contributed by atoms with Gasteiger partial charge in [0, 0.05) is 5.92 Å². The Morgan fingerprint density at radius 1 is 1.24 bits per heavy atom. The maximum absolute atomic E-state index is 13.8. The van der Waals surface area contributed by atoms with Crippen LogP contribution in [0.4, 0.5) is 0 Å². The van der Waals surface area contributed by atoms with Gasteiger partial charge < -0.3 is 26.2 Å². The second-order valence-corrected chi connectivity index (χ2v) is 9.07. The monoisotopic (exact) mass is 528 g/mol. The van der Waals surface area contributed by atoms with Crippen molar-refractivity contribution in [1.82, 2.24) is 5.43 Å². The van der Waals surface area contributed by atoms with E-state index in [-0.39, 0.29) is 41.2 Å². The smallest absolute Gasteiger partial charge is 0.254 e. The molecule has 12 heteroatoms. The highest BCUT2D eigenvalue weighted by molar-refractivity contribution is 6.27. The van der Waals surface area contributed by atoms with Crippen LogP contribution in [0.15, 0.2) is 28.6 Å². The third kappa shape index (κ3) is 3.81. The zero-order valence-corrected chi connectivity index (χ0v) is 20.9. The van der Waals surface area contributed by atoms with Crippen molar-refractivity contribution in [3.8, 4) is 17.6 Å². The lowest BCUT2D eigenvalue weighted by Gasteiger charge is -2.45. The zero-order valence-electron chi connectivity index (χ0n) is 20.1. The lowest BCUT2D eigenvalue weighted by atomic mass is 9.61. The number of aromatic hydroxyl groups is 2. The zero-order chi connectivity index (χ0) is 26.7. The molecule has 37 heavy (non-hydrogen) atoms. The van der Waals surface area contributed by atoms with E-state index in [0.29, 0.717) is 22.1 Å². The fraction of sp³-hybridized carbons (Fsp3) is 0.320. The summed E-state index contributed by atoms with van der Waals surface area (Å²) in [5, 5.41) is 57.2. The number of ketones is 2. The summed E-state index contributed by atoms with van der Waals surface area (Å²) < 4.78 is 0. The van der Waals surface area contributed by atoms with Crippen molar-refractivity contribution in [2.45, 2.75) is 45.3 Å². The summed E-state index contributed by atoms with van der Waals surface area (Å²) in [4.78, 5) is 38.5. The molecule has 0 saturated carbocycles. The number of phenols is 2. The lowest BCUT2D eigenvalue weighted by Crippen LogP contribution is -2.63. The number of nitrogens with two attached hydrogens (primary N) is 1. The molecule has 2 aliphatic carbocycles. The average Bonchev–Trinajstić information content (AvgIpc) is 2.83. The SMILES string of the molecule is C/C(=N\NC(=O)CC#N)C1=C(O)[C@@]2(O)C(=O)c3c(c(C)c4ccc(C)c(O)c4c3O)C[C@H]2[C@@H](N)C1=O.Cl. The molecular weight excluding hydrogens is 504 g/mol. The highest BCUT2D eigenvalue weighted by Gasteiger charge is 2.60. The number of rotatable bonds is 3. The van der Waals surface area contributed by atoms with E-state index in [1.54, 1.807) is 32.0 Å². The first-order valence-electron chi connectivity index (χ1n) is 11.1. The van der Waals surface area contributed by atoms with E-state index in [0.717, 1.165) is 0 Å². The average molecular weight is 529 g/mol. The Hall–Kier alpha value is -3.98. The molecule has 7 N–H and O–H groups in total. The quantitative estimate of drug-likeness (QED) is 0.251. The minimum Gasteiger partial charge on any atom is -0.508 e. The van der Waals surface area contributed by atoms with E-state index in [1.165, 1.54) is 6.92 Å². The van der Waals surface area contributed by atoms with E-state index in [4.69, 9.17) is 11.0 Å². The third-order valence-electron chi connectivity index (χ3n) is 7.08. The summed E-state index contributed by atoms with van der Waals surface area (Å²) >= 11 is 0. The third-order valence-corrected chi connectivity index (χ3v) is 7.08. The maximum atomic E-state index is 13.8. The molecule has 0 saturated heterocycles. The Labute approximate surface area is 217 Å². The molecule has 3 atom stereocenters. The van der Waals surface area contributed by atoms with Crippen molar-refractivity contribution < 1.29 is 34.8 Å². The molecule has 0 radical (unpaired) electrons. The first-order chi connectivity index (χ1) is 16.9. The minimum absolute atomic E-state index is 0. The molecule has 0 fully saturated rings. The Morgan fingerprint density at radius 2 is 1.89 bits per heavy atom. The number of nitrogens with zero attached hydrogens (tertiary/aromatic N) is 2. The van der Waals surface area contributed by atoms with Crippen LogP contribution in [-0.2, 0) is 16.0 Å². The van der Waals surface area contributed by atoms with Crippen molar-refractivity contribution in [3.05, 3.63) is 45.7 Å². The standard InChI is InChI=1S/C25H24N4O7.ClH/c1-9-4-5-12-10(2)13-8-14-19(27)22(33)16(11(3)28-29-15(30)6-7-26)23(34)25(14,36)24(35)18(13)21(32)17(12)20(9)31;/h4-5,14,19,31-32,34,36H,6,8,27H2,1-3H3,(H,29,30);1H/b28-11+;/t14-,19+,25+;/m0./s1. The summed E-state index contributed by atoms with van der Waals surface area (Å²) in [7, 11) is 0. The molecule has 2 aliphatic rings. The van der Waals surface area contributed by atoms with Crippen LogP contribution in [0.1, 0.15) is 40.4 Å². The number of aryl methyl sites for hydroxylation is 2. The van der Waals surface area contributed by atoms with Gasteiger partial charge in [-0.25, -0.2) is 5.43 Å². The molecule has 194 valence electrons. The Bertz CT molecular complexity index is 1490. The van der Waals surface area contributed by atoms with E-state index in [2.05, 4.69) is 10.5 Å². The number of hydrogen-bond acceptors (Lipinski definition) is 10. The number of carbonyl (C=O) groups is 3.